The monoisotopic (exact) mass is 621 g/mol. The molecule has 3 aromatic carbocycles. The number of benzene rings is 3. The summed E-state index contributed by atoms with van der Waals surface area (Å²) in [4.78, 5) is 68.6. The number of halogens is 1. The molecule has 38 heavy (non-hydrogen) atoms. The Balaban J connectivity index is 1.46. The minimum absolute atomic E-state index is 0.178. The van der Waals surface area contributed by atoms with Crippen molar-refractivity contribution in [2.24, 2.45) is 11.8 Å². The number of hydrogen-bond acceptors (Lipinski definition) is 7. The van der Waals surface area contributed by atoms with Crippen LogP contribution in [0.5, 0.6) is 0 Å². The van der Waals surface area contributed by atoms with Crippen molar-refractivity contribution in [3.05, 3.63) is 98.6 Å². The summed E-state index contributed by atoms with van der Waals surface area (Å²) in [7, 11) is 0. The highest BCUT2D eigenvalue weighted by Crippen LogP contribution is 2.57. The molecule has 2 amide bonds. The van der Waals surface area contributed by atoms with Gasteiger partial charge < -0.3 is 9.47 Å². The van der Waals surface area contributed by atoms with Crippen LogP contribution in [-0.2, 0) is 19.1 Å². The largest absolute Gasteiger partial charge is 0.462 e. The molecule has 2 fully saturated rings. The lowest BCUT2D eigenvalue weighted by Gasteiger charge is -2.27. The minimum atomic E-state index is -2.13. The van der Waals surface area contributed by atoms with Crippen LogP contribution in [0.25, 0.3) is 0 Å². The average molecular weight is 621 g/mol. The molecular formula is C29H20INO7. The Morgan fingerprint density at radius 1 is 0.895 bits per heavy atom. The molecule has 1 spiro atoms. The summed E-state index contributed by atoms with van der Waals surface area (Å²) < 4.78 is 12.2. The topological polar surface area (TPSA) is 107 Å². The Kier molecular flexibility index (Phi) is 5.80. The molecule has 6 rings (SSSR count). The Hall–Kier alpha value is -3.70. The molecule has 2 saturated heterocycles. The molecular weight excluding hydrogens is 601 g/mol. The van der Waals surface area contributed by atoms with Gasteiger partial charge >= 0.3 is 5.97 Å². The third kappa shape index (κ3) is 3.34. The van der Waals surface area contributed by atoms with Crippen molar-refractivity contribution in [3.63, 3.8) is 0 Å². The van der Waals surface area contributed by atoms with Crippen molar-refractivity contribution in [3.8, 4) is 0 Å². The molecule has 3 aromatic rings. The number of anilines is 1. The molecule has 8 nitrogen and oxygen atoms in total. The first-order valence-corrected chi connectivity index (χ1v) is 13.1. The summed E-state index contributed by atoms with van der Waals surface area (Å²) in [5.74, 6) is -5.43. The van der Waals surface area contributed by atoms with Crippen molar-refractivity contribution in [2.45, 2.75) is 18.6 Å². The van der Waals surface area contributed by atoms with Gasteiger partial charge in [-0.05, 0) is 71.5 Å². The van der Waals surface area contributed by atoms with Crippen LogP contribution >= 0.6 is 22.6 Å². The molecule has 0 bridgehead atoms. The zero-order chi connectivity index (χ0) is 26.8. The van der Waals surface area contributed by atoms with Gasteiger partial charge in [-0.1, -0.05) is 36.4 Å². The van der Waals surface area contributed by atoms with Crippen LogP contribution in [0, 0.1) is 15.4 Å². The second kappa shape index (κ2) is 8.95. The summed E-state index contributed by atoms with van der Waals surface area (Å²) in [6, 6.07) is 19.5. The number of imide groups is 1. The highest BCUT2D eigenvalue weighted by molar-refractivity contribution is 14.1. The van der Waals surface area contributed by atoms with E-state index in [-0.39, 0.29) is 29.0 Å². The highest BCUT2D eigenvalue weighted by atomic mass is 127. The van der Waals surface area contributed by atoms with E-state index in [9.17, 15) is 24.0 Å². The molecule has 0 N–H and O–H groups in total. The van der Waals surface area contributed by atoms with Gasteiger partial charge in [0.1, 0.15) is 0 Å². The maximum atomic E-state index is 14.0. The normalized spacial score (nSPS) is 23.2. The third-order valence-corrected chi connectivity index (χ3v) is 8.07. The third-order valence-electron chi connectivity index (χ3n) is 7.35. The van der Waals surface area contributed by atoms with E-state index in [1.807, 2.05) is 12.1 Å². The van der Waals surface area contributed by atoms with Crippen LogP contribution in [-0.4, -0.2) is 41.6 Å². The highest BCUT2D eigenvalue weighted by Gasteiger charge is 2.74. The van der Waals surface area contributed by atoms with Crippen LogP contribution in [0.2, 0.25) is 0 Å². The maximum Gasteiger partial charge on any atom is 0.338 e. The molecule has 0 saturated carbocycles. The van der Waals surface area contributed by atoms with Gasteiger partial charge in [0.05, 0.1) is 35.8 Å². The van der Waals surface area contributed by atoms with E-state index in [0.717, 1.165) is 8.47 Å². The van der Waals surface area contributed by atoms with E-state index in [1.165, 1.54) is 36.4 Å². The predicted molar refractivity (Wildman–Crippen MR) is 143 cm³/mol. The van der Waals surface area contributed by atoms with E-state index < -0.39 is 52.9 Å². The molecule has 190 valence electrons. The Morgan fingerprint density at radius 3 is 2.08 bits per heavy atom. The summed E-state index contributed by atoms with van der Waals surface area (Å²) in [6.45, 7) is 1.90. The van der Waals surface area contributed by atoms with Crippen molar-refractivity contribution in [1.82, 2.24) is 0 Å². The van der Waals surface area contributed by atoms with Crippen molar-refractivity contribution >= 4 is 57.6 Å². The van der Waals surface area contributed by atoms with Crippen molar-refractivity contribution in [2.75, 3.05) is 11.5 Å². The summed E-state index contributed by atoms with van der Waals surface area (Å²) in [5.41, 5.74) is -0.685. The molecule has 1 aliphatic carbocycles. The van der Waals surface area contributed by atoms with Crippen LogP contribution < -0.4 is 4.90 Å². The molecule has 0 radical (unpaired) electrons. The number of ether oxygens (including phenoxy) is 2. The van der Waals surface area contributed by atoms with Crippen LogP contribution in [0.4, 0.5) is 5.69 Å². The Bertz CT molecular complexity index is 1490. The standard InChI is InChI=1S/C29H20INO7/c1-2-37-28(36)16-9-13-18(14-10-16)31-26(34)21-22(27(31)35)29(38-23(21)15-7-11-17(30)12-8-15)24(32)19-5-3-4-6-20(19)25(29)33/h3-14,21-23H,2H2,1H3/t21-,22+,23+/m1/s1. The van der Waals surface area contributed by atoms with Crippen LogP contribution in [0.1, 0.15) is 49.7 Å². The van der Waals surface area contributed by atoms with E-state index in [4.69, 9.17) is 9.47 Å². The zero-order valence-corrected chi connectivity index (χ0v) is 22.2. The average Bonchev–Trinajstić information content (AvgIpc) is 3.49. The fourth-order valence-corrected chi connectivity index (χ4v) is 6.05. The summed E-state index contributed by atoms with van der Waals surface area (Å²) >= 11 is 2.15. The first kappa shape index (κ1) is 24.6. The number of carbonyl (C=O) groups excluding carboxylic acids is 5. The number of hydrogen-bond donors (Lipinski definition) is 0. The quantitative estimate of drug-likeness (QED) is 0.187. The van der Waals surface area contributed by atoms with Gasteiger partial charge in [0, 0.05) is 14.7 Å². The smallest absolute Gasteiger partial charge is 0.338 e. The van der Waals surface area contributed by atoms with Crippen LogP contribution in [0.15, 0.2) is 72.8 Å². The molecule has 3 aliphatic rings. The molecule has 2 aliphatic heterocycles. The van der Waals surface area contributed by atoms with Gasteiger partial charge in [-0.2, -0.15) is 0 Å². The lowest BCUT2D eigenvalue weighted by Crippen LogP contribution is -2.51. The summed E-state index contributed by atoms with van der Waals surface area (Å²) in [6.07, 6.45) is -0.987. The number of nitrogens with zero attached hydrogens (tertiary/aromatic N) is 1. The number of ketones is 2. The van der Waals surface area contributed by atoms with Gasteiger partial charge in [0.2, 0.25) is 29.0 Å². The Labute approximate surface area is 231 Å². The van der Waals surface area contributed by atoms with E-state index in [2.05, 4.69) is 22.6 Å². The number of fused-ring (bicyclic) bond motifs is 3. The first-order chi connectivity index (χ1) is 18.3. The lowest BCUT2D eigenvalue weighted by molar-refractivity contribution is -0.127. The van der Waals surface area contributed by atoms with Gasteiger partial charge in [-0.3, -0.25) is 19.2 Å². The second-order valence-corrected chi connectivity index (χ2v) is 10.6. The maximum absolute atomic E-state index is 14.0. The molecule has 9 heteroatoms. The SMILES string of the molecule is CCOC(=O)c1ccc(N2C(=O)[C@@H]3[C@@H](C2=O)C2(O[C@H]3c3ccc(I)cc3)C(=O)c3ccccc3C2=O)cc1. The molecule has 3 atom stereocenters. The molecule has 0 unspecified atom stereocenters. The zero-order valence-electron chi connectivity index (χ0n) is 20.1. The predicted octanol–water partition coefficient (Wildman–Crippen LogP) is 4.16. The fraction of sp³-hybridized carbons (Fsp3) is 0.207. The fourth-order valence-electron chi connectivity index (χ4n) is 5.69. The number of Topliss-reactive ketones (excluding diaryl/α,β-unsaturated/α-hetero) is 2. The van der Waals surface area contributed by atoms with Gasteiger partial charge in [0.15, 0.2) is 0 Å². The van der Waals surface area contributed by atoms with Gasteiger partial charge in [-0.25, -0.2) is 9.69 Å². The number of amides is 2. The minimum Gasteiger partial charge on any atom is -0.462 e. The molecule has 2 heterocycles. The van der Waals surface area contributed by atoms with E-state index >= 15 is 0 Å². The van der Waals surface area contributed by atoms with Crippen molar-refractivity contribution in [1.29, 1.82) is 0 Å². The lowest BCUT2D eigenvalue weighted by atomic mass is 9.77. The number of rotatable bonds is 4. The van der Waals surface area contributed by atoms with Crippen molar-refractivity contribution < 1.29 is 33.4 Å². The molecule has 0 aromatic heterocycles. The van der Waals surface area contributed by atoms with E-state index in [0.29, 0.717) is 5.56 Å². The van der Waals surface area contributed by atoms with E-state index in [1.54, 1.807) is 31.2 Å². The van der Waals surface area contributed by atoms with Gasteiger partial charge in [0.25, 0.3) is 0 Å². The Morgan fingerprint density at radius 2 is 1.50 bits per heavy atom. The van der Waals surface area contributed by atoms with Gasteiger partial charge in [-0.15, -0.1) is 0 Å². The second-order valence-electron chi connectivity index (χ2n) is 9.31. The summed E-state index contributed by atoms with van der Waals surface area (Å²) in [5, 5.41) is 0. The first-order valence-electron chi connectivity index (χ1n) is 12.1. The number of carbonyl (C=O) groups is 5. The van der Waals surface area contributed by atoms with Crippen LogP contribution in [0.3, 0.4) is 0 Å². The number of esters is 1.